The number of ether oxygens (including phenoxy) is 2. The molecule has 28 heavy (non-hydrogen) atoms. The Morgan fingerprint density at radius 3 is 2.32 bits per heavy atom. The molecule has 1 aromatic carbocycles. The van der Waals surface area contributed by atoms with Gasteiger partial charge in [0.2, 0.25) is 0 Å². The van der Waals surface area contributed by atoms with Crippen molar-refractivity contribution in [2.45, 2.75) is 65.0 Å². The number of amides is 2. The Kier molecular flexibility index (Phi) is 7.43. The molecule has 0 saturated heterocycles. The van der Waals surface area contributed by atoms with E-state index in [4.69, 9.17) is 9.47 Å². The highest BCUT2D eigenvalue weighted by molar-refractivity contribution is 5.92. The number of benzene rings is 1. The highest BCUT2D eigenvalue weighted by atomic mass is 16.6. The van der Waals surface area contributed by atoms with Crippen molar-refractivity contribution in [1.82, 2.24) is 5.32 Å². The van der Waals surface area contributed by atoms with Crippen LogP contribution in [-0.2, 0) is 14.3 Å². The summed E-state index contributed by atoms with van der Waals surface area (Å²) in [6, 6.07) is 6.35. The van der Waals surface area contributed by atoms with E-state index in [2.05, 4.69) is 17.6 Å². The maximum absolute atomic E-state index is 12.1. The van der Waals surface area contributed by atoms with Crippen molar-refractivity contribution >= 4 is 23.7 Å². The Morgan fingerprint density at radius 2 is 1.71 bits per heavy atom. The van der Waals surface area contributed by atoms with E-state index >= 15 is 0 Å². The van der Waals surface area contributed by atoms with Gasteiger partial charge in [0.05, 0.1) is 5.56 Å². The molecule has 7 heteroatoms. The summed E-state index contributed by atoms with van der Waals surface area (Å²) in [6.45, 7) is 7.15. The zero-order chi connectivity index (χ0) is 20.7. The van der Waals surface area contributed by atoms with E-state index in [1.165, 1.54) is 18.6 Å². The summed E-state index contributed by atoms with van der Waals surface area (Å²) in [5.74, 6) is -0.426. The second kappa shape index (κ2) is 9.57. The Hall–Kier alpha value is -2.57. The number of anilines is 1. The minimum atomic E-state index is -0.593. The van der Waals surface area contributed by atoms with Gasteiger partial charge in [0.1, 0.15) is 5.60 Å². The van der Waals surface area contributed by atoms with Gasteiger partial charge >= 0.3 is 12.1 Å². The van der Waals surface area contributed by atoms with Crippen LogP contribution in [0.15, 0.2) is 24.3 Å². The maximum Gasteiger partial charge on any atom is 0.412 e. The molecule has 2 rings (SSSR count). The molecule has 0 bridgehead atoms. The predicted molar refractivity (Wildman–Crippen MR) is 106 cm³/mol. The zero-order valence-electron chi connectivity index (χ0n) is 17.0. The molecule has 2 amide bonds. The smallest absolute Gasteiger partial charge is 0.412 e. The normalized spacial score (nSPS) is 19.4. The van der Waals surface area contributed by atoms with Gasteiger partial charge in [-0.15, -0.1) is 0 Å². The molecule has 0 spiro atoms. The van der Waals surface area contributed by atoms with Gasteiger partial charge in [0.25, 0.3) is 5.91 Å². The number of hydrogen-bond donors (Lipinski definition) is 2. The molecule has 0 unspecified atom stereocenters. The van der Waals surface area contributed by atoms with Crippen LogP contribution in [0, 0.1) is 5.92 Å². The molecule has 2 N–H and O–H groups in total. The number of esters is 1. The van der Waals surface area contributed by atoms with E-state index in [1.54, 1.807) is 32.9 Å². The first-order chi connectivity index (χ1) is 13.1. The van der Waals surface area contributed by atoms with E-state index < -0.39 is 17.7 Å². The van der Waals surface area contributed by atoms with Crippen molar-refractivity contribution in [3.05, 3.63) is 29.8 Å². The monoisotopic (exact) mass is 390 g/mol. The van der Waals surface area contributed by atoms with Gasteiger partial charge in [-0.05, 0) is 63.8 Å². The van der Waals surface area contributed by atoms with Crippen molar-refractivity contribution in [1.29, 1.82) is 0 Å². The summed E-state index contributed by atoms with van der Waals surface area (Å²) in [5, 5.41) is 5.53. The predicted octanol–water partition coefficient (Wildman–Crippen LogP) is 3.89. The first-order valence-electron chi connectivity index (χ1n) is 9.70. The minimum Gasteiger partial charge on any atom is -0.452 e. The fraction of sp³-hybridized carbons (Fsp3) is 0.571. The van der Waals surface area contributed by atoms with Crippen LogP contribution in [0.5, 0.6) is 0 Å². The molecule has 1 aromatic rings. The first-order valence-corrected chi connectivity index (χ1v) is 9.70. The third-order valence-corrected chi connectivity index (χ3v) is 4.56. The molecule has 2 atom stereocenters. The molecule has 0 aromatic heterocycles. The van der Waals surface area contributed by atoms with Crippen LogP contribution in [0.3, 0.4) is 0 Å². The van der Waals surface area contributed by atoms with E-state index in [-0.39, 0.29) is 18.6 Å². The summed E-state index contributed by atoms with van der Waals surface area (Å²) >= 11 is 0. The van der Waals surface area contributed by atoms with Crippen molar-refractivity contribution in [3.63, 3.8) is 0 Å². The van der Waals surface area contributed by atoms with Crippen LogP contribution in [0.2, 0.25) is 0 Å². The number of nitrogens with one attached hydrogen (secondary N) is 2. The standard InChI is InChI=1S/C21H30N2O5/c1-14-7-5-6-8-17(14)23-18(24)13-27-19(25)15-9-11-16(12-10-15)22-20(26)28-21(2,3)4/h9-12,14,17H,5-8,13H2,1-4H3,(H,22,26)(H,23,24)/t14-,17-/m1/s1. The third-order valence-electron chi connectivity index (χ3n) is 4.56. The van der Waals surface area contributed by atoms with E-state index in [0.717, 1.165) is 19.3 Å². The lowest BCUT2D eigenvalue weighted by Gasteiger charge is -2.29. The molecule has 0 aliphatic heterocycles. The lowest BCUT2D eigenvalue weighted by molar-refractivity contribution is -0.125. The number of hydrogen-bond acceptors (Lipinski definition) is 5. The maximum atomic E-state index is 12.1. The van der Waals surface area contributed by atoms with Gasteiger partial charge in [-0.1, -0.05) is 19.8 Å². The van der Waals surface area contributed by atoms with Crippen molar-refractivity contribution in [2.75, 3.05) is 11.9 Å². The molecule has 0 radical (unpaired) electrons. The summed E-state index contributed by atoms with van der Waals surface area (Å²) < 4.78 is 10.3. The molecule has 154 valence electrons. The fourth-order valence-corrected chi connectivity index (χ4v) is 3.10. The SMILES string of the molecule is C[C@@H]1CCCC[C@H]1NC(=O)COC(=O)c1ccc(NC(=O)OC(C)(C)C)cc1. The second-order valence-corrected chi connectivity index (χ2v) is 8.22. The van der Waals surface area contributed by atoms with Crippen LogP contribution in [-0.4, -0.2) is 36.2 Å². The van der Waals surface area contributed by atoms with E-state index in [1.807, 2.05) is 0 Å². The molecule has 1 aliphatic carbocycles. The average Bonchev–Trinajstić information content (AvgIpc) is 2.60. The number of carbonyl (C=O) groups is 3. The van der Waals surface area contributed by atoms with Crippen LogP contribution in [0.4, 0.5) is 10.5 Å². The van der Waals surface area contributed by atoms with Crippen LogP contribution >= 0.6 is 0 Å². The van der Waals surface area contributed by atoms with Crippen molar-refractivity contribution < 1.29 is 23.9 Å². The largest absolute Gasteiger partial charge is 0.452 e. The van der Waals surface area contributed by atoms with Gasteiger partial charge in [0.15, 0.2) is 6.61 Å². The Labute approximate surface area is 166 Å². The first kappa shape index (κ1) is 21.7. The lowest BCUT2D eigenvalue weighted by atomic mass is 9.86. The molecular weight excluding hydrogens is 360 g/mol. The quantitative estimate of drug-likeness (QED) is 0.744. The van der Waals surface area contributed by atoms with Crippen molar-refractivity contribution in [3.8, 4) is 0 Å². The van der Waals surface area contributed by atoms with Crippen LogP contribution in [0.1, 0.15) is 63.7 Å². The minimum absolute atomic E-state index is 0.151. The summed E-state index contributed by atoms with van der Waals surface area (Å²) in [6.07, 6.45) is 3.80. The van der Waals surface area contributed by atoms with Gasteiger partial charge < -0.3 is 14.8 Å². The lowest BCUT2D eigenvalue weighted by Crippen LogP contribution is -2.42. The van der Waals surface area contributed by atoms with E-state index in [9.17, 15) is 14.4 Å². The van der Waals surface area contributed by atoms with Gasteiger partial charge in [-0.3, -0.25) is 10.1 Å². The molecule has 1 fully saturated rings. The highest BCUT2D eigenvalue weighted by Crippen LogP contribution is 2.23. The van der Waals surface area contributed by atoms with Gasteiger partial charge in [-0.2, -0.15) is 0 Å². The van der Waals surface area contributed by atoms with E-state index in [0.29, 0.717) is 17.2 Å². The summed E-state index contributed by atoms with van der Waals surface area (Å²) in [5.41, 5.74) is 0.201. The fourth-order valence-electron chi connectivity index (χ4n) is 3.10. The number of rotatable bonds is 5. The Balaban J connectivity index is 1.79. The Morgan fingerprint density at radius 1 is 1.07 bits per heavy atom. The topological polar surface area (TPSA) is 93.7 Å². The number of carbonyl (C=O) groups excluding carboxylic acids is 3. The molecular formula is C21H30N2O5. The molecule has 1 aliphatic rings. The molecule has 1 saturated carbocycles. The Bertz CT molecular complexity index is 694. The molecule has 7 nitrogen and oxygen atoms in total. The third kappa shape index (κ3) is 7.21. The second-order valence-electron chi connectivity index (χ2n) is 8.22. The zero-order valence-corrected chi connectivity index (χ0v) is 17.0. The summed E-state index contributed by atoms with van der Waals surface area (Å²) in [7, 11) is 0. The molecule has 0 heterocycles. The van der Waals surface area contributed by atoms with Crippen LogP contribution in [0.25, 0.3) is 0 Å². The van der Waals surface area contributed by atoms with Gasteiger partial charge in [0, 0.05) is 11.7 Å². The summed E-state index contributed by atoms with van der Waals surface area (Å²) in [4.78, 5) is 35.9. The highest BCUT2D eigenvalue weighted by Gasteiger charge is 2.23. The van der Waals surface area contributed by atoms with Gasteiger partial charge in [-0.25, -0.2) is 9.59 Å². The average molecular weight is 390 g/mol. The van der Waals surface area contributed by atoms with Crippen LogP contribution < -0.4 is 10.6 Å². The van der Waals surface area contributed by atoms with Crippen molar-refractivity contribution in [2.24, 2.45) is 5.92 Å².